The van der Waals surface area contributed by atoms with E-state index in [-0.39, 0.29) is 16.6 Å². The molecule has 0 aliphatic carbocycles. The second-order valence-corrected chi connectivity index (χ2v) is 11.2. The van der Waals surface area contributed by atoms with Crippen LogP contribution in [-0.4, -0.2) is 52.2 Å². The number of carbonyl (C=O) groups is 1. The summed E-state index contributed by atoms with van der Waals surface area (Å²) in [5.41, 5.74) is 2.09. The van der Waals surface area contributed by atoms with Gasteiger partial charge in [-0.3, -0.25) is 4.79 Å². The third-order valence-corrected chi connectivity index (χ3v) is 8.91. The Kier molecular flexibility index (Phi) is 7.70. The highest BCUT2D eigenvalue weighted by molar-refractivity contribution is 7.99. The summed E-state index contributed by atoms with van der Waals surface area (Å²) < 4.78 is 29.9. The Balaban J connectivity index is 1.43. The minimum atomic E-state index is -3.60. The van der Waals surface area contributed by atoms with Crippen molar-refractivity contribution in [1.29, 1.82) is 0 Å². The predicted molar refractivity (Wildman–Crippen MR) is 134 cm³/mol. The van der Waals surface area contributed by atoms with Crippen LogP contribution in [-0.2, 0) is 21.9 Å². The van der Waals surface area contributed by atoms with E-state index < -0.39 is 10.0 Å². The molecule has 1 aromatic heterocycles. The molecule has 0 saturated carbocycles. The summed E-state index contributed by atoms with van der Waals surface area (Å²) in [5.74, 6) is 0.615. The zero-order valence-corrected chi connectivity index (χ0v) is 21.0. The van der Waals surface area contributed by atoms with E-state index in [1.165, 1.54) is 11.8 Å². The van der Waals surface area contributed by atoms with Crippen LogP contribution in [0, 0.1) is 6.92 Å². The normalized spacial score (nSPS) is 15.1. The van der Waals surface area contributed by atoms with Gasteiger partial charge in [-0.25, -0.2) is 8.42 Å². The van der Waals surface area contributed by atoms with Crippen molar-refractivity contribution in [3.63, 3.8) is 0 Å². The number of hydrogen-bond acceptors (Lipinski definition) is 6. The lowest BCUT2D eigenvalue weighted by atomic mass is 10.2. The number of thioether (sulfide) groups is 1. The number of anilines is 1. The molecule has 0 bridgehead atoms. The molecule has 34 heavy (non-hydrogen) atoms. The van der Waals surface area contributed by atoms with Gasteiger partial charge in [-0.2, -0.15) is 4.31 Å². The number of amides is 1. The first-order chi connectivity index (χ1) is 16.4. The minimum absolute atomic E-state index is 0.128. The van der Waals surface area contributed by atoms with Crippen molar-refractivity contribution < 1.29 is 13.2 Å². The molecule has 0 radical (unpaired) electrons. The van der Waals surface area contributed by atoms with Gasteiger partial charge in [0.1, 0.15) is 0 Å². The van der Waals surface area contributed by atoms with Gasteiger partial charge < -0.3 is 9.88 Å². The van der Waals surface area contributed by atoms with Gasteiger partial charge in [0.25, 0.3) is 0 Å². The van der Waals surface area contributed by atoms with Crippen LogP contribution >= 0.6 is 11.8 Å². The third kappa shape index (κ3) is 5.51. The summed E-state index contributed by atoms with van der Waals surface area (Å²) in [5, 5.41) is 11.9. The fraction of sp³-hybridized carbons (Fsp3) is 0.375. The maximum atomic E-state index is 13.3. The van der Waals surface area contributed by atoms with Crippen LogP contribution in [0.5, 0.6) is 0 Å². The van der Waals surface area contributed by atoms with Crippen molar-refractivity contribution in [2.75, 3.05) is 24.2 Å². The van der Waals surface area contributed by atoms with E-state index in [0.717, 1.165) is 37.1 Å². The van der Waals surface area contributed by atoms with Crippen molar-refractivity contribution in [2.45, 2.75) is 42.7 Å². The molecule has 180 valence electrons. The van der Waals surface area contributed by atoms with Crippen LogP contribution in [0.25, 0.3) is 11.4 Å². The fourth-order valence-electron chi connectivity index (χ4n) is 3.98. The Morgan fingerprint density at radius 3 is 2.44 bits per heavy atom. The molecule has 1 fully saturated rings. The Labute approximate surface area is 204 Å². The lowest BCUT2D eigenvalue weighted by Crippen LogP contribution is -2.32. The average molecular weight is 500 g/mol. The molecule has 1 amide bonds. The molecule has 2 aromatic carbocycles. The zero-order chi connectivity index (χ0) is 24.1. The SMILES string of the molecule is Cc1ccc(NC(=O)CSc2nnc(-c3ccccc3)n2C)cc1S(=O)(=O)N1CCCCCC1. The zero-order valence-electron chi connectivity index (χ0n) is 19.4. The largest absolute Gasteiger partial charge is 0.325 e. The highest BCUT2D eigenvalue weighted by Crippen LogP contribution is 2.27. The maximum absolute atomic E-state index is 13.3. The smallest absolute Gasteiger partial charge is 0.243 e. The van der Waals surface area contributed by atoms with E-state index >= 15 is 0 Å². The average Bonchev–Trinajstić information content (AvgIpc) is 3.01. The molecular weight excluding hydrogens is 470 g/mol. The van der Waals surface area contributed by atoms with Crippen LogP contribution < -0.4 is 5.32 Å². The van der Waals surface area contributed by atoms with Gasteiger partial charge in [0, 0.05) is 31.4 Å². The summed E-state index contributed by atoms with van der Waals surface area (Å²) in [6, 6.07) is 14.8. The first-order valence-corrected chi connectivity index (χ1v) is 13.8. The molecule has 3 aromatic rings. The Morgan fingerprint density at radius 1 is 1.03 bits per heavy atom. The second kappa shape index (κ2) is 10.7. The van der Waals surface area contributed by atoms with Crippen LogP contribution in [0.3, 0.4) is 0 Å². The standard InChI is InChI=1S/C24H29N5O3S2/c1-18-12-13-20(16-21(18)34(31,32)29-14-8-3-4-9-15-29)25-22(30)17-33-24-27-26-23(28(24)2)19-10-6-5-7-11-19/h5-7,10-13,16H,3-4,8-9,14-15,17H2,1-2H3,(H,25,30). The van der Waals surface area contributed by atoms with Gasteiger partial charge >= 0.3 is 0 Å². The van der Waals surface area contributed by atoms with Crippen molar-refractivity contribution in [1.82, 2.24) is 19.1 Å². The summed E-state index contributed by atoms with van der Waals surface area (Å²) >= 11 is 1.28. The molecule has 1 aliphatic heterocycles. The highest BCUT2D eigenvalue weighted by Gasteiger charge is 2.27. The lowest BCUT2D eigenvalue weighted by Gasteiger charge is -2.21. The molecule has 0 spiro atoms. The lowest BCUT2D eigenvalue weighted by molar-refractivity contribution is -0.113. The Hall–Kier alpha value is -2.69. The van der Waals surface area contributed by atoms with Crippen molar-refractivity contribution in [3.05, 3.63) is 54.1 Å². The number of carbonyl (C=O) groups excluding carboxylic acids is 1. The maximum Gasteiger partial charge on any atom is 0.243 e. The van der Waals surface area contributed by atoms with Crippen molar-refractivity contribution in [2.24, 2.45) is 7.05 Å². The van der Waals surface area contributed by atoms with E-state index in [2.05, 4.69) is 15.5 Å². The number of hydrogen-bond donors (Lipinski definition) is 1. The number of aromatic nitrogens is 3. The highest BCUT2D eigenvalue weighted by atomic mass is 32.2. The van der Waals surface area contributed by atoms with Crippen molar-refractivity contribution in [3.8, 4) is 11.4 Å². The van der Waals surface area contributed by atoms with Crippen LogP contribution in [0.2, 0.25) is 0 Å². The third-order valence-electron chi connectivity index (χ3n) is 5.85. The van der Waals surface area contributed by atoms with Gasteiger partial charge in [-0.1, -0.05) is 61.0 Å². The van der Waals surface area contributed by atoms with Gasteiger partial charge in [-0.15, -0.1) is 10.2 Å². The molecular formula is C24H29N5O3S2. The number of sulfonamides is 1. The Bertz CT molecular complexity index is 1250. The molecule has 8 nitrogen and oxygen atoms in total. The molecule has 2 heterocycles. The first-order valence-electron chi connectivity index (χ1n) is 11.3. The van der Waals surface area contributed by atoms with E-state index in [0.29, 0.717) is 29.5 Å². The molecule has 10 heteroatoms. The monoisotopic (exact) mass is 499 g/mol. The molecule has 0 atom stereocenters. The fourth-order valence-corrected chi connectivity index (χ4v) is 6.46. The molecule has 1 saturated heterocycles. The molecule has 0 unspecified atom stereocenters. The van der Waals surface area contributed by atoms with E-state index in [1.807, 2.05) is 41.9 Å². The van der Waals surface area contributed by atoms with Gasteiger partial charge in [-0.05, 0) is 37.5 Å². The van der Waals surface area contributed by atoms with Gasteiger partial charge in [0.05, 0.1) is 10.6 Å². The molecule has 1 aliphatic rings. The van der Waals surface area contributed by atoms with E-state index in [4.69, 9.17) is 0 Å². The molecule has 1 N–H and O–H groups in total. The number of aryl methyl sites for hydroxylation is 1. The topological polar surface area (TPSA) is 97.2 Å². The number of rotatable bonds is 7. The predicted octanol–water partition coefficient (Wildman–Crippen LogP) is 4.09. The van der Waals surface area contributed by atoms with E-state index in [1.54, 1.807) is 29.4 Å². The second-order valence-electron chi connectivity index (χ2n) is 8.37. The minimum Gasteiger partial charge on any atom is -0.325 e. The number of benzene rings is 2. The van der Waals surface area contributed by atoms with Crippen LogP contribution in [0.15, 0.2) is 58.6 Å². The van der Waals surface area contributed by atoms with Crippen LogP contribution in [0.1, 0.15) is 31.2 Å². The molecule has 4 rings (SSSR count). The summed E-state index contributed by atoms with van der Waals surface area (Å²) in [6.07, 6.45) is 3.86. The first kappa shape index (κ1) is 24.4. The van der Waals surface area contributed by atoms with Gasteiger partial charge in [0.2, 0.25) is 15.9 Å². The van der Waals surface area contributed by atoms with Crippen LogP contribution in [0.4, 0.5) is 5.69 Å². The van der Waals surface area contributed by atoms with E-state index in [9.17, 15) is 13.2 Å². The summed E-state index contributed by atoms with van der Waals surface area (Å²) in [7, 11) is -1.74. The quantitative estimate of drug-likeness (QED) is 0.492. The number of nitrogens with one attached hydrogen (secondary N) is 1. The summed E-state index contributed by atoms with van der Waals surface area (Å²) in [6.45, 7) is 2.86. The van der Waals surface area contributed by atoms with Gasteiger partial charge in [0.15, 0.2) is 11.0 Å². The van der Waals surface area contributed by atoms with Crippen molar-refractivity contribution >= 4 is 33.4 Å². The summed E-state index contributed by atoms with van der Waals surface area (Å²) in [4.78, 5) is 12.9. The number of nitrogens with zero attached hydrogens (tertiary/aromatic N) is 4. The Morgan fingerprint density at radius 2 is 1.74 bits per heavy atom.